The molecule has 0 saturated carbocycles. The lowest BCUT2D eigenvalue weighted by atomic mass is 10.1. The topological polar surface area (TPSA) is 73.1 Å². The van der Waals surface area contributed by atoms with E-state index in [9.17, 15) is 13.2 Å². The van der Waals surface area contributed by atoms with Crippen molar-refractivity contribution in [2.24, 2.45) is 0 Å². The lowest BCUT2D eigenvalue weighted by Crippen LogP contribution is -2.13. The molecule has 0 radical (unpaired) electrons. The van der Waals surface area contributed by atoms with Gasteiger partial charge in [-0.05, 0) is 44.2 Å². The van der Waals surface area contributed by atoms with Crippen molar-refractivity contribution in [1.82, 2.24) is 15.1 Å². The summed E-state index contributed by atoms with van der Waals surface area (Å²) in [6.45, 7) is 3.32. The molecule has 6 nitrogen and oxygen atoms in total. The van der Waals surface area contributed by atoms with Crippen molar-refractivity contribution in [3.8, 4) is 28.6 Å². The molecule has 0 atom stereocenters. The summed E-state index contributed by atoms with van der Waals surface area (Å²) in [6.07, 6.45) is -3.37. The third-order valence-electron chi connectivity index (χ3n) is 3.61. The minimum Gasteiger partial charge on any atom is -0.490 e. The zero-order valence-electron chi connectivity index (χ0n) is 14.8. The van der Waals surface area contributed by atoms with Gasteiger partial charge in [0.2, 0.25) is 5.82 Å². The Balaban J connectivity index is 2.01. The second-order valence-corrected chi connectivity index (χ2v) is 5.95. The molecule has 0 fully saturated rings. The Kier molecular flexibility index (Phi) is 5.02. The van der Waals surface area contributed by atoms with E-state index in [1.54, 1.807) is 39.2 Å². The maximum Gasteiger partial charge on any atom is 0.419 e. The fourth-order valence-corrected chi connectivity index (χ4v) is 2.48. The van der Waals surface area contributed by atoms with Crippen LogP contribution >= 0.6 is 0 Å². The van der Waals surface area contributed by atoms with Crippen LogP contribution in [0.1, 0.15) is 19.4 Å². The molecule has 0 aliphatic rings. The van der Waals surface area contributed by atoms with E-state index in [4.69, 9.17) is 9.26 Å². The highest BCUT2D eigenvalue weighted by Gasteiger charge is 2.35. The van der Waals surface area contributed by atoms with Gasteiger partial charge in [0.15, 0.2) is 0 Å². The van der Waals surface area contributed by atoms with Crippen LogP contribution < -0.4 is 10.1 Å². The third-order valence-corrected chi connectivity index (χ3v) is 3.61. The van der Waals surface area contributed by atoms with Crippen molar-refractivity contribution < 1.29 is 22.4 Å². The van der Waals surface area contributed by atoms with Crippen LogP contribution in [-0.2, 0) is 6.18 Å². The van der Waals surface area contributed by atoms with Gasteiger partial charge >= 0.3 is 6.18 Å². The highest BCUT2D eigenvalue weighted by molar-refractivity contribution is 5.70. The zero-order valence-corrected chi connectivity index (χ0v) is 14.8. The van der Waals surface area contributed by atoms with Gasteiger partial charge in [-0.15, -0.1) is 0 Å². The van der Waals surface area contributed by atoms with Gasteiger partial charge in [0, 0.05) is 18.8 Å². The first-order valence-electron chi connectivity index (χ1n) is 8.14. The van der Waals surface area contributed by atoms with Crippen LogP contribution in [0.5, 0.6) is 5.75 Å². The number of anilines is 1. The van der Waals surface area contributed by atoms with Crippen molar-refractivity contribution in [3.05, 3.63) is 42.1 Å². The molecule has 2 heterocycles. The molecule has 1 N–H and O–H groups in total. The molecule has 0 aliphatic heterocycles. The molecule has 9 heteroatoms. The number of halogens is 3. The van der Waals surface area contributed by atoms with E-state index in [2.05, 4.69) is 20.4 Å². The van der Waals surface area contributed by atoms with Crippen LogP contribution in [0.15, 0.2) is 41.1 Å². The average molecular weight is 378 g/mol. The van der Waals surface area contributed by atoms with Crippen LogP contribution in [0.4, 0.5) is 19.0 Å². The highest BCUT2D eigenvalue weighted by atomic mass is 19.4. The summed E-state index contributed by atoms with van der Waals surface area (Å²) in [5.41, 5.74) is -0.177. The van der Waals surface area contributed by atoms with Crippen molar-refractivity contribution in [3.63, 3.8) is 0 Å². The first-order valence-corrected chi connectivity index (χ1v) is 8.14. The summed E-state index contributed by atoms with van der Waals surface area (Å²) in [7, 11) is 1.69. The predicted molar refractivity (Wildman–Crippen MR) is 93.3 cm³/mol. The first-order chi connectivity index (χ1) is 12.8. The Morgan fingerprint density at radius 3 is 2.63 bits per heavy atom. The van der Waals surface area contributed by atoms with Crippen molar-refractivity contribution >= 4 is 5.82 Å². The lowest BCUT2D eigenvalue weighted by Gasteiger charge is -2.16. The molecule has 0 spiro atoms. The number of aromatic nitrogens is 3. The monoisotopic (exact) mass is 378 g/mol. The molecule has 27 heavy (non-hydrogen) atoms. The Morgan fingerprint density at radius 1 is 1.19 bits per heavy atom. The summed E-state index contributed by atoms with van der Waals surface area (Å²) in [5.74, 6) is 0.475. The first kappa shape index (κ1) is 18.7. The van der Waals surface area contributed by atoms with Crippen molar-refractivity contribution in [2.45, 2.75) is 26.1 Å². The van der Waals surface area contributed by atoms with Gasteiger partial charge in [0.1, 0.15) is 11.6 Å². The normalized spacial score (nSPS) is 11.7. The smallest absolute Gasteiger partial charge is 0.419 e. The van der Waals surface area contributed by atoms with Gasteiger partial charge in [0.25, 0.3) is 5.89 Å². The van der Waals surface area contributed by atoms with Crippen LogP contribution in [-0.4, -0.2) is 28.3 Å². The molecule has 0 aliphatic carbocycles. The minimum absolute atomic E-state index is 0.0301. The molecule has 2 aromatic heterocycles. The molecule has 142 valence electrons. The van der Waals surface area contributed by atoms with E-state index in [1.807, 2.05) is 0 Å². The second-order valence-electron chi connectivity index (χ2n) is 5.95. The molecule has 0 amide bonds. The summed E-state index contributed by atoms with van der Waals surface area (Å²) < 4.78 is 50.6. The van der Waals surface area contributed by atoms with Gasteiger partial charge < -0.3 is 14.6 Å². The number of pyridine rings is 1. The fourth-order valence-electron chi connectivity index (χ4n) is 2.48. The predicted octanol–water partition coefficient (Wildman–Crippen LogP) is 4.65. The standard InChI is InChI=1S/C18H17F3N4O2/c1-10(2)26-14-7-6-11(9-13(14)18(19,20)21)17-24-16(25-27-17)12-5-4-8-23-15(12)22-3/h4-10H,1-3H3,(H,22,23). The summed E-state index contributed by atoms with van der Waals surface area (Å²) >= 11 is 0. The number of hydrogen-bond donors (Lipinski definition) is 1. The molecule has 3 rings (SSSR count). The molecular weight excluding hydrogens is 361 g/mol. The van der Waals surface area contributed by atoms with E-state index in [0.29, 0.717) is 11.4 Å². The Morgan fingerprint density at radius 2 is 1.96 bits per heavy atom. The quantitative estimate of drug-likeness (QED) is 0.697. The number of nitrogens with zero attached hydrogens (tertiary/aromatic N) is 3. The number of benzene rings is 1. The van der Waals surface area contributed by atoms with Gasteiger partial charge in [-0.3, -0.25) is 0 Å². The molecule has 0 bridgehead atoms. The highest BCUT2D eigenvalue weighted by Crippen LogP contribution is 2.39. The molecule has 1 aromatic carbocycles. The van der Waals surface area contributed by atoms with Crippen molar-refractivity contribution in [1.29, 1.82) is 0 Å². The maximum absolute atomic E-state index is 13.4. The maximum atomic E-state index is 13.4. The summed E-state index contributed by atoms with van der Waals surface area (Å²) in [4.78, 5) is 8.35. The van der Waals surface area contributed by atoms with Crippen molar-refractivity contribution in [2.75, 3.05) is 12.4 Å². The molecule has 3 aromatic rings. The Hall–Kier alpha value is -3.10. The van der Waals surface area contributed by atoms with Crippen LogP contribution in [0.3, 0.4) is 0 Å². The number of hydrogen-bond acceptors (Lipinski definition) is 6. The fraction of sp³-hybridized carbons (Fsp3) is 0.278. The third kappa shape index (κ3) is 4.02. The lowest BCUT2D eigenvalue weighted by molar-refractivity contribution is -0.139. The van der Waals surface area contributed by atoms with E-state index in [-0.39, 0.29) is 23.0 Å². The number of nitrogens with one attached hydrogen (secondary N) is 1. The van der Waals surface area contributed by atoms with Crippen LogP contribution in [0.25, 0.3) is 22.8 Å². The number of alkyl halides is 3. The zero-order chi connectivity index (χ0) is 19.6. The van der Waals surface area contributed by atoms with Gasteiger partial charge in [-0.2, -0.15) is 18.2 Å². The molecule has 0 unspecified atom stereocenters. The molecular formula is C18H17F3N4O2. The van der Waals surface area contributed by atoms with Gasteiger partial charge in [-0.25, -0.2) is 4.98 Å². The Bertz CT molecular complexity index is 938. The summed E-state index contributed by atoms with van der Waals surface area (Å²) in [5, 5.41) is 6.76. The van der Waals surface area contributed by atoms with Crippen LogP contribution in [0.2, 0.25) is 0 Å². The average Bonchev–Trinajstić information content (AvgIpc) is 3.10. The van der Waals surface area contributed by atoms with E-state index in [1.165, 1.54) is 12.1 Å². The molecule has 0 saturated heterocycles. The largest absolute Gasteiger partial charge is 0.490 e. The van der Waals surface area contributed by atoms with Gasteiger partial charge in [0.05, 0.1) is 17.2 Å². The van der Waals surface area contributed by atoms with E-state index < -0.39 is 17.8 Å². The second kappa shape index (κ2) is 7.26. The summed E-state index contributed by atoms with van der Waals surface area (Å²) in [6, 6.07) is 7.08. The Labute approximate surface area is 153 Å². The number of ether oxygens (including phenoxy) is 1. The number of rotatable bonds is 5. The van der Waals surface area contributed by atoms with E-state index >= 15 is 0 Å². The van der Waals surface area contributed by atoms with Gasteiger partial charge in [-0.1, -0.05) is 5.16 Å². The minimum atomic E-state index is -4.58. The van der Waals surface area contributed by atoms with Crippen LogP contribution in [0, 0.1) is 0 Å². The SMILES string of the molecule is CNc1ncccc1-c1noc(-c2ccc(OC(C)C)c(C(F)(F)F)c2)n1. The van der Waals surface area contributed by atoms with E-state index in [0.717, 1.165) is 6.07 Å².